The number of carbonyl (C=O) groups is 2. The van der Waals surface area contributed by atoms with Gasteiger partial charge in [0.25, 0.3) is 5.91 Å². The SMILES string of the molecule is CC(C)c1cc(NC(=O)c2ccc(Oc3ccccc3)cc2)c(C(=O)O)cc1Oc1ccnc(NCc2ccc(C(F)(F)F)cc2)c1. The maximum atomic E-state index is 13.1. The summed E-state index contributed by atoms with van der Waals surface area (Å²) in [6.07, 6.45) is -2.92. The van der Waals surface area contributed by atoms with Gasteiger partial charge < -0.3 is 25.2 Å². The number of nitrogens with zero attached hydrogens (tertiary/aromatic N) is 1. The van der Waals surface area contributed by atoms with Crippen LogP contribution in [0.1, 0.15) is 57.2 Å². The van der Waals surface area contributed by atoms with E-state index in [2.05, 4.69) is 15.6 Å². The van der Waals surface area contributed by atoms with Gasteiger partial charge in [0.15, 0.2) is 0 Å². The molecule has 47 heavy (non-hydrogen) atoms. The van der Waals surface area contributed by atoms with Crippen LogP contribution in [0.15, 0.2) is 109 Å². The summed E-state index contributed by atoms with van der Waals surface area (Å²) in [7, 11) is 0. The minimum absolute atomic E-state index is 0.108. The topological polar surface area (TPSA) is 110 Å². The Morgan fingerprint density at radius 1 is 0.830 bits per heavy atom. The Morgan fingerprint density at radius 2 is 1.51 bits per heavy atom. The van der Waals surface area contributed by atoms with Gasteiger partial charge in [0.2, 0.25) is 0 Å². The fraction of sp³-hybridized carbons (Fsp3) is 0.139. The van der Waals surface area contributed by atoms with Crippen molar-refractivity contribution in [2.24, 2.45) is 0 Å². The summed E-state index contributed by atoms with van der Waals surface area (Å²) in [4.78, 5) is 29.7. The predicted octanol–water partition coefficient (Wildman–Crippen LogP) is 9.37. The van der Waals surface area contributed by atoms with Crippen molar-refractivity contribution < 1.29 is 37.3 Å². The van der Waals surface area contributed by atoms with Gasteiger partial charge in [0.05, 0.1) is 16.8 Å². The number of alkyl halides is 3. The number of rotatable bonds is 11. The zero-order chi connectivity index (χ0) is 33.6. The van der Waals surface area contributed by atoms with Gasteiger partial charge in [-0.05, 0) is 83.8 Å². The van der Waals surface area contributed by atoms with Crippen molar-refractivity contribution in [2.75, 3.05) is 10.6 Å². The zero-order valence-corrected chi connectivity index (χ0v) is 25.3. The number of amides is 1. The number of halogens is 3. The molecule has 0 bridgehead atoms. The smallest absolute Gasteiger partial charge is 0.416 e. The number of hydrogen-bond donors (Lipinski definition) is 3. The van der Waals surface area contributed by atoms with Crippen LogP contribution in [-0.4, -0.2) is 22.0 Å². The minimum Gasteiger partial charge on any atom is -0.478 e. The van der Waals surface area contributed by atoms with Crippen molar-refractivity contribution in [3.63, 3.8) is 0 Å². The second kappa shape index (κ2) is 14.1. The Labute approximate surface area is 268 Å². The maximum Gasteiger partial charge on any atom is 0.416 e. The van der Waals surface area contributed by atoms with Crippen molar-refractivity contribution in [1.29, 1.82) is 0 Å². The summed E-state index contributed by atoms with van der Waals surface area (Å²) in [6.45, 7) is 4.03. The van der Waals surface area contributed by atoms with E-state index < -0.39 is 23.6 Å². The lowest BCUT2D eigenvalue weighted by atomic mass is 9.98. The molecule has 1 amide bonds. The molecule has 11 heteroatoms. The van der Waals surface area contributed by atoms with Crippen LogP contribution in [0.25, 0.3) is 0 Å². The Morgan fingerprint density at radius 3 is 2.15 bits per heavy atom. The van der Waals surface area contributed by atoms with Crippen molar-refractivity contribution in [1.82, 2.24) is 4.98 Å². The Balaban J connectivity index is 1.31. The Hall–Kier alpha value is -5.84. The average Bonchev–Trinajstić information content (AvgIpc) is 3.05. The maximum absolute atomic E-state index is 13.1. The van der Waals surface area contributed by atoms with Crippen molar-refractivity contribution in [2.45, 2.75) is 32.5 Å². The molecule has 4 aromatic carbocycles. The fourth-order valence-electron chi connectivity index (χ4n) is 4.61. The number of carboxylic acid groups (broad SMARTS) is 1. The van der Waals surface area contributed by atoms with Crippen molar-refractivity contribution in [3.05, 3.63) is 137 Å². The van der Waals surface area contributed by atoms with Gasteiger partial charge in [-0.15, -0.1) is 0 Å². The van der Waals surface area contributed by atoms with E-state index >= 15 is 0 Å². The molecular weight excluding hydrogens is 611 g/mol. The predicted molar refractivity (Wildman–Crippen MR) is 171 cm³/mol. The molecule has 5 rings (SSSR count). The summed E-state index contributed by atoms with van der Waals surface area (Å²) >= 11 is 0. The number of aromatic nitrogens is 1. The molecule has 0 aliphatic carbocycles. The fourth-order valence-corrected chi connectivity index (χ4v) is 4.61. The highest BCUT2D eigenvalue weighted by Gasteiger charge is 2.30. The highest BCUT2D eigenvalue weighted by atomic mass is 19.4. The van der Waals surface area contributed by atoms with Crippen molar-refractivity contribution >= 4 is 23.4 Å². The van der Waals surface area contributed by atoms with E-state index in [1.165, 1.54) is 24.4 Å². The third-order valence-electron chi connectivity index (χ3n) is 7.06. The first kappa shape index (κ1) is 32.6. The number of ether oxygens (including phenoxy) is 2. The molecule has 0 fully saturated rings. The molecule has 0 unspecified atom stereocenters. The molecular formula is C36H30F3N3O5. The number of hydrogen-bond acceptors (Lipinski definition) is 6. The molecule has 8 nitrogen and oxygen atoms in total. The summed E-state index contributed by atoms with van der Waals surface area (Å²) in [6, 6.07) is 26.6. The molecule has 0 atom stereocenters. The molecule has 1 heterocycles. The van der Waals surface area contributed by atoms with Crippen LogP contribution in [0.5, 0.6) is 23.0 Å². The number of carboxylic acids is 1. The van der Waals surface area contributed by atoms with Crippen molar-refractivity contribution in [3.8, 4) is 23.0 Å². The van der Waals surface area contributed by atoms with Gasteiger partial charge in [-0.1, -0.05) is 44.2 Å². The lowest BCUT2D eigenvalue weighted by Crippen LogP contribution is -2.15. The summed E-state index contributed by atoms with van der Waals surface area (Å²) in [5.74, 6) is 0.336. The molecule has 1 aromatic heterocycles. The van der Waals surface area contributed by atoms with Gasteiger partial charge in [-0.3, -0.25) is 4.79 Å². The third kappa shape index (κ3) is 8.46. The second-order valence-corrected chi connectivity index (χ2v) is 10.8. The number of nitrogens with one attached hydrogen (secondary N) is 2. The van der Waals surface area contributed by atoms with Crippen LogP contribution in [0.4, 0.5) is 24.7 Å². The van der Waals surface area contributed by atoms with Gasteiger partial charge in [0.1, 0.15) is 28.8 Å². The van der Waals surface area contributed by atoms with Crippen LogP contribution < -0.4 is 20.1 Å². The van der Waals surface area contributed by atoms with Crippen LogP contribution in [0, 0.1) is 0 Å². The van der Waals surface area contributed by atoms with E-state index in [4.69, 9.17) is 9.47 Å². The van der Waals surface area contributed by atoms with Crippen LogP contribution in [0.3, 0.4) is 0 Å². The molecule has 0 saturated heterocycles. The third-order valence-corrected chi connectivity index (χ3v) is 7.06. The number of anilines is 2. The number of para-hydroxylation sites is 1. The molecule has 240 valence electrons. The first-order valence-electron chi connectivity index (χ1n) is 14.6. The normalized spacial score (nSPS) is 11.2. The second-order valence-electron chi connectivity index (χ2n) is 10.8. The first-order chi connectivity index (χ1) is 22.5. The number of carbonyl (C=O) groups excluding carboxylic acids is 1. The number of benzene rings is 4. The van der Waals surface area contributed by atoms with E-state index in [0.29, 0.717) is 39.8 Å². The molecule has 3 N–H and O–H groups in total. The molecule has 5 aromatic rings. The van der Waals surface area contributed by atoms with E-state index in [9.17, 15) is 27.9 Å². The lowest BCUT2D eigenvalue weighted by molar-refractivity contribution is -0.137. The molecule has 0 aliphatic rings. The average molecular weight is 642 g/mol. The van der Waals surface area contributed by atoms with Gasteiger partial charge in [-0.2, -0.15) is 13.2 Å². The lowest BCUT2D eigenvalue weighted by Gasteiger charge is -2.18. The summed E-state index contributed by atoms with van der Waals surface area (Å²) < 4.78 is 50.5. The van der Waals surface area contributed by atoms with E-state index in [1.807, 2.05) is 44.2 Å². The van der Waals surface area contributed by atoms with Gasteiger partial charge >= 0.3 is 12.1 Å². The summed E-state index contributed by atoms with van der Waals surface area (Å²) in [5, 5.41) is 15.8. The first-order valence-corrected chi connectivity index (χ1v) is 14.6. The Bertz CT molecular complexity index is 1860. The van der Waals surface area contributed by atoms with E-state index in [1.54, 1.807) is 42.5 Å². The quantitative estimate of drug-likeness (QED) is 0.132. The van der Waals surface area contributed by atoms with Gasteiger partial charge in [0, 0.05) is 24.4 Å². The Kier molecular flexibility index (Phi) is 9.74. The number of aromatic carboxylic acids is 1. The molecule has 0 aliphatic heterocycles. The van der Waals surface area contributed by atoms with Crippen LogP contribution in [0.2, 0.25) is 0 Å². The largest absolute Gasteiger partial charge is 0.478 e. The molecule has 0 radical (unpaired) electrons. The van der Waals surface area contributed by atoms with Crippen LogP contribution >= 0.6 is 0 Å². The number of pyridine rings is 1. The minimum atomic E-state index is -4.41. The van der Waals surface area contributed by atoms with E-state index in [0.717, 1.165) is 12.1 Å². The standard InChI is InChI=1S/C36H30F3N3O5/c1-22(2)29-19-31(42-34(43)24-10-14-27(15-11-24)46-26-6-4-3-5-7-26)30(35(44)45)20-32(29)47-28-16-17-40-33(18-28)41-21-23-8-12-25(13-9-23)36(37,38)39/h3-20,22H,21H2,1-2H3,(H,40,41)(H,42,43)(H,44,45). The summed E-state index contributed by atoms with van der Waals surface area (Å²) in [5.41, 5.74) is 0.779. The van der Waals surface area contributed by atoms with E-state index in [-0.39, 0.29) is 29.5 Å². The molecule has 0 saturated carbocycles. The zero-order valence-electron chi connectivity index (χ0n) is 25.3. The highest BCUT2D eigenvalue weighted by Crippen LogP contribution is 2.36. The highest BCUT2D eigenvalue weighted by molar-refractivity contribution is 6.08. The molecule has 0 spiro atoms. The van der Waals surface area contributed by atoms with Crippen LogP contribution in [-0.2, 0) is 12.7 Å². The monoisotopic (exact) mass is 641 g/mol. The van der Waals surface area contributed by atoms with Gasteiger partial charge in [-0.25, -0.2) is 9.78 Å².